The van der Waals surface area contributed by atoms with E-state index in [1.165, 1.54) is 13.2 Å². The molecule has 0 saturated carbocycles. The van der Waals surface area contributed by atoms with Crippen molar-refractivity contribution >= 4 is 0 Å². The molecule has 2 rings (SSSR count). The maximum absolute atomic E-state index is 13.7. The number of hydrogen-bond acceptors (Lipinski definition) is 3. The minimum atomic E-state index is -0.333. The second-order valence-corrected chi connectivity index (χ2v) is 4.19. The zero-order valence-corrected chi connectivity index (χ0v) is 11.1. The average molecular weight is 264 g/mol. The molecule has 0 bridgehead atoms. The molecule has 1 heterocycles. The van der Waals surface area contributed by atoms with E-state index in [1.54, 1.807) is 23.0 Å². The standard InChI is InChI=1S/C14H17FN2O2/c1-3-6-17-9-13(8-16-17)19-10-11-4-5-12(18-2)7-14(11)15/h4-5,7-9H,3,6,10H2,1-2H3. The summed E-state index contributed by atoms with van der Waals surface area (Å²) >= 11 is 0. The van der Waals surface area contributed by atoms with Crippen molar-refractivity contribution < 1.29 is 13.9 Å². The van der Waals surface area contributed by atoms with E-state index in [0.29, 0.717) is 17.1 Å². The van der Waals surface area contributed by atoms with E-state index in [2.05, 4.69) is 12.0 Å². The van der Waals surface area contributed by atoms with Gasteiger partial charge in [0, 0.05) is 18.2 Å². The van der Waals surface area contributed by atoms with Crippen LogP contribution in [0.25, 0.3) is 0 Å². The van der Waals surface area contributed by atoms with Gasteiger partial charge in [0.2, 0.25) is 0 Å². The van der Waals surface area contributed by atoms with Crippen LogP contribution in [-0.2, 0) is 13.2 Å². The molecule has 0 saturated heterocycles. The summed E-state index contributed by atoms with van der Waals surface area (Å²) in [5.74, 6) is 0.806. The first-order valence-electron chi connectivity index (χ1n) is 6.20. The lowest BCUT2D eigenvalue weighted by Crippen LogP contribution is -1.99. The highest BCUT2D eigenvalue weighted by atomic mass is 19.1. The van der Waals surface area contributed by atoms with Gasteiger partial charge >= 0.3 is 0 Å². The molecule has 0 fully saturated rings. The molecule has 1 aromatic heterocycles. The molecular formula is C14H17FN2O2. The summed E-state index contributed by atoms with van der Waals surface area (Å²) < 4.78 is 25.9. The van der Waals surface area contributed by atoms with E-state index in [4.69, 9.17) is 9.47 Å². The van der Waals surface area contributed by atoms with E-state index >= 15 is 0 Å². The highest BCUT2D eigenvalue weighted by Crippen LogP contribution is 2.18. The van der Waals surface area contributed by atoms with Crippen molar-refractivity contribution in [3.8, 4) is 11.5 Å². The molecule has 1 aromatic carbocycles. The van der Waals surface area contributed by atoms with Gasteiger partial charge in [0.15, 0.2) is 5.75 Å². The lowest BCUT2D eigenvalue weighted by Gasteiger charge is -2.06. The Hall–Kier alpha value is -2.04. The molecule has 5 heteroatoms. The van der Waals surface area contributed by atoms with E-state index in [0.717, 1.165) is 13.0 Å². The molecule has 0 atom stereocenters. The van der Waals surface area contributed by atoms with Crippen LogP contribution in [0.2, 0.25) is 0 Å². The van der Waals surface area contributed by atoms with Gasteiger partial charge in [0.25, 0.3) is 0 Å². The molecule has 19 heavy (non-hydrogen) atoms. The average Bonchev–Trinajstić information content (AvgIpc) is 2.85. The Balaban J connectivity index is 1.97. The second kappa shape index (κ2) is 6.22. The third kappa shape index (κ3) is 3.47. The monoisotopic (exact) mass is 264 g/mol. The highest BCUT2D eigenvalue weighted by Gasteiger charge is 2.06. The molecule has 0 aliphatic rings. The zero-order valence-electron chi connectivity index (χ0n) is 11.1. The van der Waals surface area contributed by atoms with E-state index < -0.39 is 0 Å². The molecule has 102 valence electrons. The first-order chi connectivity index (χ1) is 9.22. The summed E-state index contributed by atoms with van der Waals surface area (Å²) in [5.41, 5.74) is 0.490. The number of methoxy groups -OCH3 is 1. The lowest BCUT2D eigenvalue weighted by atomic mass is 10.2. The Morgan fingerprint density at radius 2 is 2.16 bits per heavy atom. The molecule has 0 N–H and O–H groups in total. The fraction of sp³-hybridized carbons (Fsp3) is 0.357. The number of nitrogens with zero attached hydrogens (tertiary/aromatic N) is 2. The maximum atomic E-state index is 13.7. The van der Waals surface area contributed by atoms with Crippen molar-refractivity contribution in [2.24, 2.45) is 0 Å². The van der Waals surface area contributed by atoms with Crippen molar-refractivity contribution in [2.75, 3.05) is 7.11 Å². The molecule has 0 spiro atoms. The fourth-order valence-corrected chi connectivity index (χ4v) is 1.70. The van der Waals surface area contributed by atoms with Crippen LogP contribution in [0.4, 0.5) is 4.39 Å². The van der Waals surface area contributed by atoms with E-state index in [-0.39, 0.29) is 12.4 Å². The molecule has 0 radical (unpaired) electrons. The number of aromatic nitrogens is 2. The number of hydrogen-bond donors (Lipinski definition) is 0. The number of benzene rings is 1. The van der Waals surface area contributed by atoms with Crippen LogP contribution in [0.3, 0.4) is 0 Å². The van der Waals surface area contributed by atoms with Gasteiger partial charge in [0.1, 0.15) is 18.2 Å². The Bertz CT molecular complexity index is 540. The molecule has 0 unspecified atom stereocenters. The normalized spacial score (nSPS) is 10.5. The summed E-state index contributed by atoms with van der Waals surface area (Å²) in [6.45, 7) is 3.10. The second-order valence-electron chi connectivity index (χ2n) is 4.19. The van der Waals surface area contributed by atoms with Gasteiger partial charge in [-0.3, -0.25) is 4.68 Å². The fourth-order valence-electron chi connectivity index (χ4n) is 1.70. The minimum absolute atomic E-state index is 0.174. The number of aryl methyl sites for hydroxylation is 1. The summed E-state index contributed by atoms with van der Waals surface area (Å²) in [4.78, 5) is 0. The largest absolute Gasteiger partial charge is 0.497 e. The van der Waals surface area contributed by atoms with Crippen molar-refractivity contribution in [3.05, 3.63) is 42.0 Å². The van der Waals surface area contributed by atoms with Crippen LogP contribution in [0.15, 0.2) is 30.6 Å². The first-order valence-corrected chi connectivity index (χ1v) is 6.20. The topological polar surface area (TPSA) is 36.3 Å². The summed E-state index contributed by atoms with van der Waals surface area (Å²) in [6, 6.07) is 4.71. The summed E-state index contributed by atoms with van der Waals surface area (Å²) in [6.07, 6.45) is 4.45. The molecule has 0 amide bonds. The lowest BCUT2D eigenvalue weighted by molar-refractivity contribution is 0.298. The Labute approximate surface area is 111 Å². The zero-order chi connectivity index (χ0) is 13.7. The van der Waals surface area contributed by atoms with Crippen molar-refractivity contribution in [2.45, 2.75) is 26.5 Å². The summed E-state index contributed by atoms with van der Waals surface area (Å²) in [7, 11) is 1.51. The maximum Gasteiger partial charge on any atom is 0.157 e. The highest BCUT2D eigenvalue weighted by molar-refractivity contribution is 5.28. The SMILES string of the molecule is CCCn1cc(OCc2ccc(OC)cc2F)cn1. The predicted octanol–water partition coefficient (Wildman–Crippen LogP) is 3.02. The minimum Gasteiger partial charge on any atom is -0.497 e. The predicted molar refractivity (Wildman–Crippen MR) is 69.8 cm³/mol. The first kappa shape index (κ1) is 13.4. The van der Waals surface area contributed by atoms with Crippen LogP contribution in [0.1, 0.15) is 18.9 Å². The molecule has 0 aliphatic carbocycles. The van der Waals surface area contributed by atoms with Gasteiger partial charge in [-0.2, -0.15) is 5.10 Å². The summed E-state index contributed by atoms with van der Waals surface area (Å²) in [5, 5.41) is 4.15. The van der Waals surface area contributed by atoms with Crippen LogP contribution < -0.4 is 9.47 Å². The quantitative estimate of drug-likeness (QED) is 0.804. The third-order valence-electron chi connectivity index (χ3n) is 2.72. The Morgan fingerprint density at radius 1 is 1.32 bits per heavy atom. The van der Waals surface area contributed by atoms with Gasteiger partial charge < -0.3 is 9.47 Å². The van der Waals surface area contributed by atoms with Gasteiger partial charge in [-0.25, -0.2) is 4.39 Å². The van der Waals surface area contributed by atoms with Gasteiger partial charge in [-0.15, -0.1) is 0 Å². The van der Waals surface area contributed by atoms with E-state index in [9.17, 15) is 4.39 Å². The number of halogens is 1. The van der Waals surface area contributed by atoms with Crippen LogP contribution in [-0.4, -0.2) is 16.9 Å². The van der Waals surface area contributed by atoms with Crippen molar-refractivity contribution in [3.63, 3.8) is 0 Å². The molecular weight excluding hydrogens is 247 g/mol. The van der Waals surface area contributed by atoms with Crippen LogP contribution >= 0.6 is 0 Å². The van der Waals surface area contributed by atoms with Crippen LogP contribution in [0.5, 0.6) is 11.5 Å². The smallest absolute Gasteiger partial charge is 0.157 e. The Morgan fingerprint density at radius 3 is 2.84 bits per heavy atom. The number of rotatable bonds is 6. The van der Waals surface area contributed by atoms with Gasteiger partial charge in [-0.1, -0.05) is 6.92 Å². The van der Waals surface area contributed by atoms with E-state index in [1.807, 2.05) is 6.20 Å². The molecule has 2 aromatic rings. The third-order valence-corrected chi connectivity index (χ3v) is 2.72. The molecule has 0 aliphatic heterocycles. The van der Waals surface area contributed by atoms with Crippen LogP contribution in [0, 0.1) is 5.82 Å². The van der Waals surface area contributed by atoms with Crippen molar-refractivity contribution in [1.29, 1.82) is 0 Å². The number of ether oxygens (including phenoxy) is 2. The van der Waals surface area contributed by atoms with Gasteiger partial charge in [-0.05, 0) is 18.6 Å². The van der Waals surface area contributed by atoms with Crippen molar-refractivity contribution in [1.82, 2.24) is 9.78 Å². The Kier molecular flexibility index (Phi) is 4.39. The van der Waals surface area contributed by atoms with Gasteiger partial charge in [0.05, 0.1) is 19.5 Å². The molecule has 4 nitrogen and oxygen atoms in total.